The topological polar surface area (TPSA) is 23.8 Å². The summed E-state index contributed by atoms with van der Waals surface area (Å²) in [4.78, 5) is 0. The predicted molar refractivity (Wildman–Crippen MR) is 93.3 cm³/mol. The van der Waals surface area contributed by atoms with Crippen molar-refractivity contribution in [3.63, 3.8) is 0 Å². The number of halogens is 2. The maximum Gasteiger partial charge on any atom is 0.199 e. The molecular formula is C21H25F2N. The number of rotatable bonds is 7. The number of benzene rings is 1. The third-order valence-electron chi connectivity index (χ3n) is 4.87. The minimum absolute atomic E-state index is 0.171. The average molecular weight is 329 g/mol. The average Bonchev–Trinajstić information content (AvgIpc) is 2.61. The zero-order chi connectivity index (χ0) is 17.2. The van der Waals surface area contributed by atoms with Gasteiger partial charge in [-0.15, -0.1) is 0 Å². The predicted octanol–water partition coefficient (Wildman–Crippen LogP) is 6.28. The lowest BCUT2D eigenvalue weighted by Crippen LogP contribution is -2.13. The Bertz CT molecular complexity index is 587. The van der Waals surface area contributed by atoms with Crippen LogP contribution in [0.3, 0.4) is 0 Å². The van der Waals surface area contributed by atoms with E-state index in [4.69, 9.17) is 5.26 Å². The van der Waals surface area contributed by atoms with Gasteiger partial charge < -0.3 is 0 Å². The highest BCUT2D eigenvalue weighted by atomic mass is 19.1. The second-order valence-corrected chi connectivity index (χ2v) is 6.66. The van der Waals surface area contributed by atoms with Gasteiger partial charge in [0.05, 0.1) is 0 Å². The Morgan fingerprint density at radius 2 is 1.83 bits per heavy atom. The van der Waals surface area contributed by atoms with Crippen LogP contribution in [0.25, 0.3) is 0 Å². The SMILES string of the molecule is N#C/C(F)=C/C=C/C1CCC(CCCCc2ccc(F)cc2)CC1. The third-order valence-corrected chi connectivity index (χ3v) is 4.87. The Labute approximate surface area is 143 Å². The molecule has 0 heterocycles. The van der Waals surface area contributed by atoms with E-state index in [1.54, 1.807) is 6.08 Å². The molecule has 1 nitrogen and oxygen atoms in total. The van der Waals surface area contributed by atoms with Crippen molar-refractivity contribution in [1.29, 1.82) is 5.26 Å². The Morgan fingerprint density at radius 3 is 2.50 bits per heavy atom. The lowest BCUT2D eigenvalue weighted by Gasteiger charge is -2.26. The first-order valence-corrected chi connectivity index (χ1v) is 8.86. The molecule has 0 N–H and O–H groups in total. The molecule has 0 saturated heterocycles. The number of aryl methyl sites for hydroxylation is 1. The first-order chi connectivity index (χ1) is 11.7. The highest BCUT2D eigenvalue weighted by Gasteiger charge is 2.18. The fraction of sp³-hybridized carbons (Fsp3) is 0.476. The quantitative estimate of drug-likeness (QED) is 0.328. The monoisotopic (exact) mass is 329 g/mol. The van der Waals surface area contributed by atoms with Gasteiger partial charge in [-0.3, -0.25) is 0 Å². The molecule has 1 fully saturated rings. The summed E-state index contributed by atoms with van der Waals surface area (Å²) < 4.78 is 25.5. The van der Waals surface area contributed by atoms with Crippen LogP contribution >= 0.6 is 0 Å². The molecular weight excluding hydrogens is 304 g/mol. The smallest absolute Gasteiger partial charge is 0.199 e. The zero-order valence-electron chi connectivity index (χ0n) is 14.1. The van der Waals surface area contributed by atoms with Crippen molar-refractivity contribution >= 4 is 0 Å². The highest BCUT2D eigenvalue weighted by molar-refractivity contribution is 5.19. The summed E-state index contributed by atoms with van der Waals surface area (Å²) in [6.07, 6.45) is 14.4. The number of nitriles is 1. The van der Waals surface area contributed by atoms with Gasteiger partial charge in [-0.2, -0.15) is 9.65 Å². The van der Waals surface area contributed by atoms with Gasteiger partial charge in [-0.25, -0.2) is 4.39 Å². The van der Waals surface area contributed by atoms with Crippen molar-refractivity contribution in [3.8, 4) is 6.07 Å². The van der Waals surface area contributed by atoms with Crippen molar-refractivity contribution in [2.24, 2.45) is 11.8 Å². The molecule has 0 aliphatic heterocycles. The molecule has 128 valence electrons. The minimum atomic E-state index is -0.735. The molecule has 0 bridgehead atoms. The summed E-state index contributed by atoms with van der Waals surface area (Å²) >= 11 is 0. The molecule has 3 heteroatoms. The first kappa shape index (κ1) is 18.4. The molecule has 1 aliphatic rings. The van der Waals surface area contributed by atoms with Crippen LogP contribution in [0.4, 0.5) is 8.78 Å². The second kappa shape index (κ2) is 10.0. The molecule has 24 heavy (non-hydrogen) atoms. The molecule has 0 radical (unpaired) electrons. The van der Waals surface area contributed by atoms with Gasteiger partial charge in [0, 0.05) is 0 Å². The Kier molecular flexibility index (Phi) is 7.68. The molecule has 1 aliphatic carbocycles. The summed E-state index contributed by atoms with van der Waals surface area (Å²) in [6.45, 7) is 0. The number of unbranched alkanes of at least 4 members (excludes halogenated alkanes) is 1. The van der Waals surface area contributed by atoms with Crippen LogP contribution < -0.4 is 0 Å². The van der Waals surface area contributed by atoms with Gasteiger partial charge in [0.2, 0.25) is 0 Å². The van der Waals surface area contributed by atoms with E-state index in [0.717, 1.165) is 31.6 Å². The molecule has 0 atom stereocenters. The van der Waals surface area contributed by atoms with Crippen LogP contribution in [0.5, 0.6) is 0 Å². The van der Waals surface area contributed by atoms with E-state index < -0.39 is 5.83 Å². The van der Waals surface area contributed by atoms with Crippen molar-refractivity contribution in [2.45, 2.75) is 51.4 Å². The van der Waals surface area contributed by atoms with E-state index in [2.05, 4.69) is 0 Å². The summed E-state index contributed by atoms with van der Waals surface area (Å²) in [6, 6.07) is 8.28. The van der Waals surface area contributed by atoms with Crippen LogP contribution in [0.15, 0.2) is 48.3 Å². The summed E-state index contributed by atoms with van der Waals surface area (Å²) in [5, 5.41) is 8.35. The summed E-state index contributed by atoms with van der Waals surface area (Å²) in [5.74, 6) is 0.411. The van der Waals surface area contributed by atoms with Gasteiger partial charge in [0.15, 0.2) is 5.83 Å². The van der Waals surface area contributed by atoms with E-state index in [-0.39, 0.29) is 5.82 Å². The molecule has 0 unspecified atom stereocenters. The fourth-order valence-electron chi connectivity index (χ4n) is 3.42. The Hall–Kier alpha value is -1.95. The normalized spacial score (nSPS) is 21.8. The molecule has 0 aromatic heterocycles. The van der Waals surface area contributed by atoms with E-state index in [0.29, 0.717) is 5.92 Å². The van der Waals surface area contributed by atoms with Gasteiger partial charge in [-0.1, -0.05) is 37.1 Å². The Morgan fingerprint density at radius 1 is 1.12 bits per heavy atom. The first-order valence-electron chi connectivity index (χ1n) is 8.86. The molecule has 0 spiro atoms. The molecule has 1 saturated carbocycles. The van der Waals surface area contributed by atoms with Gasteiger partial charge in [0.1, 0.15) is 11.9 Å². The molecule has 1 aromatic rings. The third kappa shape index (κ3) is 6.66. The largest absolute Gasteiger partial charge is 0.207 e. The van der Waals surface area contributed by atoms with Crippen molar-refractivity contribution in [3.05, 3.63) is 59.7 Å². The standard InChI is InChI=1S/C21H25F2N/c22-20-14-12-18(13-15-20)5-2-1-4-17-8-10-19(11-9-17)6-3-7-21(23)16-24/h3,6-7,12-15,17,19H,1-2,4-5,8-11H2/b6-3+,21-7-. The van der Waals surface area contributed by atoms with Gasteiger partial charge in [0.25, 0.3) is 0 Å². The molecule has 1 aromatic carbocycles. The van der Waals surface area contributed by atoms with E-state index in [1.807, 2.05) is 18.2 Å². The van der Waals surface area contributed by atoms with Crippen LogP contribution in [0.1, 0.15) is 50.5 Å². The minimum Gasteiger partial charge on any atom is -0.207 e. The van der Waals surface area contributed by atoms with Crippen LogP contribution in [0, 0.1) is 29.0 Å². The van der Waals surface area contributed by atoms with Crippen LogP contribution in [-0.2, 0) is 6.42 Å². The van der Waals surface area contributed by atoms with Crippen LogP contribution in [-0.4, -0.2) is 0 Å². The lowest BCUT2D eigenvalue weighted by atomic mass is 9.79. The van der Waals surface area contributed by atoms with E-state index in [1.165, 1.54) is 55.5 Å². The van der Waals surface area contributed by atoms with Gasteiger partial charge >= 0.3 is 0 Å². The molecule has 0 amide bonds. The summed E-state index contributed by atoms with van der Waals surface area (Å²) in [7, 11) is 0. The maximum atomic E-state index is 12.8. The van der Waals surface area contributed by atoms with Crippen molar-refractivity contribution < 1.29 is 8.78 Å². The number of hydrogen-bond acceptors (Lipinski definition) is 1. The number of hydrogen-bond donors (Lipinski definition) is 0. The zero-order valence-corrected chi connectivity index (χ0v) is 14.1. The number of nitrogens with zero attached hydrogens (tertiary/aromatic N) is 1. The number of allylic oxidation sites excluding steroid dienone is 4. The van der Waals surface area contributed by atoms with Gasteiger partial charge in [-0.05, 0) is 74.1 Å². The highest BCUT2D eigenvalue weighted by Crippen LogP contribution is 2.32. The fourth-order valence-corrected chi connectivity index (χ4v) is 3.42. The van der Waals surface area contributed by atoms with Crippen LogP contribution in [0.2, 0.25) is 0 Å². The lowest BCUT2D eigenvalue weighted by molar-refractivity contribution is 0.289. The van der Waals surface area contributed by atoms with E-state index >= 15 is 0 Å². The van der Waals surface area contributed by atoms with E-state index in [9.17, 15) is 8.78 Å². The molecule has 2 rings (SSSR count). The maximum absolute atomic E-state index is 12.8. The van der Waals surface area contributed by atoms with Crippen molar-refractivity contribution in [2.75, 3.05) is 0 Å². The summed E-state index contributed by atoms with van der Waals surface area (Å²) in [5.41, 5.74) is 1.21. The van der Waals surface area contributed by atoms with Crippen molar-refractivity contribution in [1.82, 2.24) is 0 Å². The Balaban J connectivity index is 1.59. The second-order valence-electron chi connectivity index (χ2n) is 6.66.